The van der Waals surface area contributed by atoms with Gasteiger partial charge < -0.3 is 31.9 Å². The van der Waals surface area contributed by atoms with Crippen molar-refractivity contribution in [3.05, 3.63) is 29.8 Å². The monoisotopic (exact) mass is 398 g/mol. The molecule has 0 bridgehead atoms. The predicted molar refractivity (Wildman–Crippen MR) is 99.2 cm³/mol. The van der Waals surface area contributed by atoms with Gasteiger partial charge in [-0.15, -0.1) is 0 Å². The molecular formula is C16H22N4O6S. The summed E-state index contributed by atoms with van der Waals surface area (Å²) in [4.78, 5) is 46.2. The van der Waals surface area contributed by atoms with E-state index in [1.807, 2.05) is 0 Å². The van der Waals surface area contributed by atoms with E-state index in [0.29, 0.717) is 5.56 Å². The van der Waals surface area contributed by atoms with Crippen LogP contribution in [0, 0.1) is 0 Å². The van der Waals surface area contributed by atoms with Gasteiger partial charge in [0.1, 0.15) is 11.8 Å². The van der Waals surface area contributed by atoms with Crippen LogP contribution >= 0.6 is 12.6 Å². The molecule has 148 valence electrons. The Morgan fingerprint density at radius 1 is 1.04 bits per heavy atom. The highest BCUT2D eigenvalue weighted by molar-refractivity contribution is 7.80. The van der Waals surface area contributed by atoms with E-state index in [9.17, 15) is 29.4 Å². The number of aromatic hydroxyl groups is 1. The number of phenolic OH excluding ortho intramolecular Hbond substituents is 1. The molecule has 27 heavy (non-hydrogen) atoms. The molecule has 10 nitrogen and oxygen atoms in total. The van der Waals surface area contributed by atoms with Gasteiger partial charge >= 0.3 is 5.97 Å². The molecule has 0 radical (unpaired) electrons. The van der Waals surface area contributed by atoms with Crippen molar-refractivity contribution in [1.82, 2.24) is 16.0 Å². The predicted octanol–water partition coefficient (Wildman–Crippen LogP) is -2.01. The van der Waals surface area contributed by atoms with Crippen LogP contribution in [0.15, 0.2) is 24.3 Å². The van der Waals surface area contributed by atoms with Crippen LogP contribution in [0.25, 0.3) is 0 Å². The lowest BCUT2D eigenvalue weighted by Crippen LogP contribution is -2.49. The molecule has 0 aliphatic heterocycles. The molecule has 0 spiro atoms. The van der Waals surface area contributed by atoms with Crippen molar-refractivity contribution in [1.29, 1.82) is 0 Å². The molecule has 7 N–H and O–H groups in total. The minimum Gasteiger partial charge on any atom is -0.508 e. The number of thiol groups is 1. The first-order chi connectivity index (χ1) is 12.7. The van der Waals surface area contributed by atoms with Crippen LogP contribution in [-0.2, 0) is 25.6 Å². The third-order valence-corrected chi connectivity index (χ3v) is 3.81. The smallest absolute Gasteiger partial charge is 0.326 e. The van der Waals surface area contributed by atoms with Crippen LogP contribution in [0.4, 0.5) is 0 Å². The van der Waals surface area contributed by atoms with E-state index in [1.54, 1.807) is 0 Å². The molecule has 0 aliphatic rings. The number of carbonyl (C=O) groups is 4. The summed E-state index contributed by atoms with van der Waals surface area (Å²) in [5.74, 6) is -2.96. The normalized spacial score (nSPS) is 12.5. The molecule has 0 saturated carbocycles. The van der Waals surface area contributed by atoms with Gasteiger partial charge in [0.05, 0.1) is 19.1 Å². The van der Waals surface area contributed by atoms with Crippen molar-refractivity contribution in [2.45, 2.75) is 18.5 Å². The van der Waals surface area contributed by atoms with E-state index in [4.69, 9.17) is 5.73 Å². The minimum atomic E-state index is -1.24. The fourth-order valence-corrected chi connectivity index (χ4v) is 2.10. The Balaban J connectivity index is 2.43. The van der Waals surface area contributed by atoms with E-state index >= 15 is 0 Å². The van der Waals surface area contributed by atoms with Gasteiger partial charge in [-0.3, -0.25) is 14.4 Å². The van der Waals surface area contributed by atoms with Gasteiger partial charge in [0, 0.05) is 12.2 Å². The first kappa shape index (κ1) is 22.3. The summed E-state index contributed by atoms with van der Waals surface area (Å²) < 4.78 is 0. The van der Waals surface area contributed by atoms with Crippen molar-refractivity contribution in [2.75, 3.05) is 18.8 Å². The summed E-state index contributed by atoms with van der Waals surface area (Å²) >= 11 is 3.86. The number of carboxylic acids is 1. The standard InChI is InChI=1S/C16H22N4O6S/c17-11(8-27)15(24)19-6-13(22)18-7-14(23)20-12(16(25)26)5-9-1-3-10(21)4-2-9/h1-4,11-12,21,27H,5-8,17H2,(H,18,22)(H,19,24)(H,20,23)(H,25,26). The van der Waals surface area contributed by atoms with Gasteiger partial charge in [0.2, 0.25) is 17.7 Å². The lowest BCUT2D eigenvalue weighted by Gasteiger charge is -2.15. The number of nitrogens with two attached hydrogens (primary N) is 1. The molecule has 0 heterocycles. The maximum atomic E-state index is 11.9. The Morgan fingerprint density at radius 3 is 2.19 bits per heavy atom. The van der Waals surface area contributed by atoms with E-state index < -0.39 is 42.3 Å². The first-order valence-electron chi connectivity index (χ1n) is 7.93. The van der Waals surface area contributed by atoms with Gasteiger partial charge in [0.15, 0.2) is 0 Å². The summed E-state index contributed by atoms with van der Waals surface area (Å²) in [5, 5.41) is 25.3. The highest BCUT2D eigenvalue weighted by Crippen LogP contribution is 2.11. The molecule has 11 heteroatoms. The van der Waals surface area contributed by atoms with Gasteiger partial charge in [-0.25, -0.2) is 4.79 Å². The number of hydrogen-bond donors (Lipinski definition) is 7. The molecule has 0 aliphatic carbocycles. The first-order valence-corrected chi connectivity index (χ1v) is 8.57. The molecule has 1 aromatic carbocycles. The fourth-order valence-electron chi connectivity index (χ4n) is 1.94. The SMILES string of the molecule is NC(CS)C(=O)NCC(=O)NCC(=O)NC(Cc1ccc(O)cc1)C(=O)O. The Hall–Kier alpha value is -2.79. The fraction of sp³-hybridized carbons (Fsp3) is 0.375. The topological polar surface area (TPSA) is 171 Å². The Kier molecular flexibility index (Phi) is 9.09. The maximum absolute atomic E-state index is 11.9. The van der Waals surface area contributed by atoms with E-state index in [1.165, 1.54) is 24.3 Å². The van der Waals surface area contributed by atoms with E-state index in [2.05, 4.69) is 28.6 Å². The average Bonchev–Trinajstić information content (AvgIpc) is 2.64. The quantitative estimate of drug-likeness (QED) is 0.223. The Morgan fingerprint density at radius 2 is 1.63 bits per heavy atom. The van der Waals surface area contributed by atoms with Crippen LogP contribution in [0.1, 0.15) is 5.56 Å². The van der Waals surface area contributed by atoms with Crippen molar-refractivity contribution >= 4 is 36.3 Å². The van der Waals surface area contributed by atoms with Crippen LogP contribution in [0.3, 0.4) is 0 Å². The van der Waals surface area contributed by atoms with Crippen molar-refractivity contribution in [3.8, 4) is 5.75 Å². The Labute approximate surface area is 160 Å². The summed E-state index contributed by atoms with van der Waals surface area (Å²) in [7, 11) is 0. The molecule has 0 fully saturated rings. The number of carboxylic acid groups (broad SMARTS) is 1. The zero-order valence-corrected chi connectivity index (χ0v) is 15.2. The van der Waals surface area contributed by atoms with Crippen LogP contribution in [0.2, 0.25) is 0 Å². The van der Waals surface area contributed by atoms with Crippen LogP contribution in [-0.4, -0.2) is 64.8 Å². The lowest BCUT2D eigenvalue weighted by atomic mass is 10.1. The average molecular weight is 398 g/mol. The van der Waals surface area contributed by atoms with Gasteiger partial charge in [0.25, 0.3) is 0 Å². The van der Waals surface area contributed by atoms with Gasteiger partial charge in [-0.05, 0) is 17.7 Å². The number of carbonyl (C=O) groups excluding carboxylic acids is 3. The third kappa shape index (κ3) is 8.42. The van der Waals surface area contributed by atoms with Gasteiger partial charge in [-0.2, -0.15) is 12.6 Å². The molecule has 0 aromatic heterocycles. The number of benzene rings is 1. The van der Waals surface area contributed by atoms with Crippen molar-refractivity contribution in [3.63, 3.8) is 0 Å². The summed E-state index contributed by atoms with van der Waals surface area (Å²) in [6.07, 6.45) is 0.00692. The summed E-state index contributed by atoms with van der Waals surface area (Å²) in [6.45, 7) is -0.823. The van der Waals surface area contributed by atoms with E-state index in [-0.39, 0.29) is 24.5 Å². The molecule has 1 rings (SSSR count). The van der Waals surface area contributed by atoms with Crippen molar-refractivity contribution in [2.24, 2.45) is 5.73 Å². The zero-order chi connectivity index (χ0) is 20.4. The van der Waals surface area contributed by atoms with Crippen molar-refractivity contribution < 1.29 is 29.4 Å². The molecule has 0 saturated heterocycles. The second-order valence-electron chi connectivity index (χ2n) is 5.61. The summed E-state index contributed by atoms with van der Waals surface area (Å²) in [5.41, 5.74) is 6.03. The Bertz CT molecular complexity index is 682. The highest BCUT2D eigenvalue weighted by Gasteiger charge is 2.21. The zero-order valence-electron chi connectivity index (χ0n) is 14.3. The molecule has 2 unspecified atom stereocenters. The maximum Gasteiger partial charge on any atom is 0.326 e. The van der Waals surface area contributed by atoms with E-state index in [0.717, 1.165) is 0 Å². The second-order valence-corrected chi connectivity index (χ2v) is 5.98. The highest BCUT2D eigenvalue weighted by atomic mass is 32.1. The van der Waals surface area contributed by atoms with Crippen LogP contribution < -0.4 is 21.7 Å². The minimum absolute atomic E-state index is 0.00692. The molecular weight excluding hydrogens is 376 g/mol. The second kappa shape index (κ2) is 11.0. The largest absolute Gasteiger partial charge is 0.508 e. The number of phenols is 1. The molecule has 3 amide bonds. The third-order valence-electron chi connectivity index (χ3n) is 3.41. The number of nitrogens with one attached hydrogen (secondary N) is 3. The number of aliphatic carboxylic acids is 1. The lowest BCUT2D eigenvalue weighted by molar-refractivity contribution is -0.141. The number of amides is 3. The molecule has 1 aromatic rings. The number of hydrogen-bond acceptors (Lipinski definition) is 7. The number of rotatable bonds is 10. The van der Waals surface area contributed by atoms with Crippen LogP contribution in [0.5, 0.6) is 5.75 Å². The molecule has 2 atom stereocenters. The van der Waals surface area contributed by atoms with Gasteiger partial charge in [-0.1, -0.05) is 12.1 Å². The summed E-state index contributed by atoms with van der Waals surface area (Å²) in [6, 6.07) is 3.84.